The summed E-state index contributed by atoms with van der Waals surface area (Å²) in [5, 5.41) is 10.0. The predicted octanol–water partition coefficient (Wildman–Crippen LogP) is 2.71. The smallest absolute Gasteiger partial charge is 0.227 e. The number of amides is 1. The molecule has 1 amide bonds. The SMILES string of the molecule is COc1cccc([C@@H]2C[C@@H](O)CN2C(=O)Cc2ccccc2F)c1. The monoisotopic (exact) mass is 329 g/mol. The molecule has 1 saturated heterocycles. The van der Waals surface area contributed by atoms with Crippen LogP contribution in [0.15, 0.2) is 48.5 Å². The fourth-order valence-electron chi connectivity index (χ4n) is 3.16. The number of hydrogen-bond donors (Lipinski definition) is 1. The molecule has 3 rings (SSSR count). The number of hydrogen-bond acceptors (Lipinski definition) is 3. The Kier molecular flexibility index (Phi) is 4.81. The van der Waals surface area contributed by atoms with E-state index in [0.717, 1.165) is 5.56 Å². The number of carbonyl (C=O) groups is 1. The van der Waals surface area contributed by atoms with Crippen molar-refractivity contribution >= 4 is 5.91 Å². The fourth-order valence-corrected chi connectivity index (χ4v) is 3.16. The Morgan fingerprint density at radius 3 is 2.83 bits per heavy atom. The molecule has 2 atom stereocenters. The summed E-state index contributed by atoms with van der Waals surface area (Å²) in [6, 6.07) is 13.5. The first kappa shape index (κ1) is 16.5. The molecule has 1 heterocycles. The van der Waals surface area contributed by atoms with Crippen molar-refractivity contribution in [3.63, 3.8) is 0 Å². The summed E-state index contributed by atoms with van der Waals surface area (Å²) < 4.78 is 19.0. The van der Waals surface area contributed by atoms with Crippen molar-refractivity contribution in [2.45, 2.75) is 25.0 Å². The number of halogens is 1. The van der Waals surface area contributed by atoms with E-state index in [0.29, 0.717) is 17.7 Å². The van der Waals surface area contributed by atoms with Gasteiger partial charge in [0.25, 0.3) is 0 Å². The summed E-state index contributed by atoms with van der Waals surface area (Å²) in [6.07, 6.45) is -0.124. The number of carbonyl (C=O) groups excluding carboxylic acids is 1. The first-order valence-electron chi connectivity index (χ1n) is 7.93. The van der Waals surface area contributed by atoms with Crippen LogP contribution in [0.5, 0.6) is 5.75 Å². The Bertz CT molecular complexity index is 734. The normalized spacial score (nSPS) is 20.2. The average Bonchev–Trinajstić information content (AvgIpc) is 2.99. The molecule has 1 N–H and O–H groups in total. The quantitative estimate of drug-likeness (QED) is 0.938. The lowest BCUT2D eigenvalue weighted by Crippen LogP contribution is -2.33. The van der Waals surface area contributed by atoms with Crippen molar-refractivity contribution in [3.8, 4) is 5.75 Å². The number of rotatable bonds is 4. The van der Waals surface area contributed by atoms with Crippen LogP contribution in [0.25, 0.3) is 0 Å². The highest BCUT2D eigenvalue weighted by Crippen LogP contribution is 2.34. The topological polar surface area (TPSA) is 49.8 Å². The van der Waals surface area contributed by atoms with E-state index in [9.17, 15) is 14.3 Å². The van der Waals surface area contributed by atoms with Gasteiger partial charge in [0.1, 0.15) is 11.6 Å². The number of nitrogens with zero attached hydrogens (tertiary/aromatic N) is 1. The second kappa shape index (κ2) is 7.01. The lowest BCUT2D eigenvalue weighted by molar-refractivity contribution is -0.131. The number of aliphatic hydroxyl groups excluding tert-OH is 1. The van der Waals surface area contributed by atoms with Crippen LogP contribution in [-0.2, 0) is 11.2 Å². The highest BCUT2D eigenvalue weighted by atomic mass is 19.1. The molecule has 2 aromatic rings. The Morgan fingerprint density at radius 1 is 1.29 bits per heavy atom. The van der Waals surface area contributed by atoms with Gasteiger partial charge in [-0.25, -0.2) is 4.39 Å². The maximum absolute atomic E-state index is 13.8. The molecule has 1 fully saturated rings. The first-order chi connectivity index (χ1) is 11.6. The van der Waals surface area contributed by atoms with Gasteiger partial charge >= 0.3 is 0 Å². The molecule has 0 radical (unpaired) electrons. The Morgan fingerprint density at radius 2 is 2.08 bits per heavy atom. The molecule has 0 aromatic heterocycles. The third-order valence-corrected chi connectivity index (χ3v) is 4.38. The van der Waals surface area contributed by atoms with E-state index >= 15 is 0 Å². The fraction of sp³-hybridized carbons (Fsp3) is 0.316. The first-order valence-corrected chi connectivity index (χ1v) is 7.93. The highest BCUT2D eigenvalue weighted by Gasteiger charge is 2.35. The van der Waals surface area contributed by atoms with Crippen LogP contribution in [0.2, 0.25) is 0 Å². The summed E-state index contributed by atoms with van der Waals surface area (Å²) in [5.74, 6) is 0.128. The number of likely N-dealkylation sites (tertiary alicyclic amines) is 1. The van der Waals surface area contributed by atoms with Crippen molar-refractivity contribution in [3.05, 3.63) is 65.5 Å². The van der Waals surface area contributed by atoms with Crippen LogP contribution in [0.4, 0.5) is 4.39 Å². The van der Waals surface area contributed by atoms with Gasteiger partial charge in [-0.3, -0.25) is 4.79 Å². The Balaban J connectivity index is 1.82. The van der Waals surface area contributed by atoms with Gasteiger partial charge in [-0.2, -0.15) is 0 Å². The maximum atomic E-state index is 13.8. The van der Waals surface area contributed by atoms with Crippen LogP contribution in [0.1, 0.15) is 23.6 Å². The van der Waals surface area contributed by atoms with Gasteiger partial charge in [-0.05, 0) is 35.7 Å². The second-order valence-corrected chi connectivity index (χ2v) is 6.00. The van der Waals surface area contributed by atoms with Crippen molar-refractivity contribution < 1.29 is 19.0 Å². The highest BCUT2D eigenvalue weighted by molar-refractivity contribution is 5.79. The largest absolute Gasteiger partial charge is 0.497 e. The molecule has 1 aliphatic heterocycles. The van der Waals surface area contributed by atoms with Crippen LogP contribution in [0, 0.1) is 5.82 Å². The van der Waals surface area contributed by atoms with E-state index in [4.69, 9.17) is 4.74 Å². The minimum absolute atomic E-state index is 0.0140. The predicted molar refractivity (Wildman–Crippen MR) is 88.2 cm³/mol. The molecule has 0 unspecified atom stereocenters. The van der Waals surface area contributed by atoms with Crippen LogP contribution >= 0.6 is 0 Å². The van der Waals surface area contributed by atoms with Gasteiger partial charge < -0.3 is 14.7 Å². The lowest BCUT2D eigenvalue weighted by Gasteiger charge is -2.25. The minimum atomic E-state index is -0.578. The Labute approximate surface area is 140 Å². The number of β-amino-alcohol motifs (C(OH)–C–C–N with tert-alkyl or cyclic N) is 1. The molecule has 0 saturated carbocycles. The van der Waals surface area contributed by atoms with E-state index < -0.39 is 6.10 Å². The molecule has 5 heteroatoms. The van der Waals surface area contributed by atoms with Gasteiger partial charge in [0.05, 0.1) is 25.7 Å². The second-order valence-electron chi connectivity index (χ2n) is 6.00. The van der Waals surface area contributed by atoms with Crippen molar-refractivity contribution in [2.24, 2.45) is 0 Å². The van der Waals surface area contributed by atoms with Gasteiger partial charge in [0, 0.05) is 6.54 Å². The molecule has 0 bridgehead atoms. The van der Waals surface area contributed by atoms with Gasteiger partial charge in [-0.15, -0.1) is 0 Å². The van der Waals surface area contributed by atoms with E-state index in [1.165, 1.54) is 6.07 Å². The van der Waals surface area contributed by atoms with E-state index in [1.54, 1.807) is 30.2 Å². The number of ether oxygens (including phenoxy) is 1. The number of methoxy groups -OCH3 is 1. The zero-order valence-corrected chi connectivity index (χ0v) is 13.5. The van der Waals surface area contributed by atoms with Gasteiger partial charge in [0.15, 0.2) is 0 Å². The van der Waals surface area contributed by atoms with Crippen molar-refractivity contribution in [2.75, 3.05) is 13.7 Å². The van der Waals surface area contributed by atoms with E-state index in [1.807, 2.05) is 24.3 Å². The van der Waals surface area contributed by atoms with E-state index in [-0.39, 0.29) is 30.7 Å². The maximum Gasteiger partial charge on any atom is 0.227 e. The minimum Gasteiger partial charge on any atom is -0.497 e. The number of benzene rings is 2. The summed E-state index contributed by atoms with van der Waals surface area (Å²) in [6.45, 7) is 0.259. The summed E-state index contributed by atoms with van der Waals surface area (Å²) in [7, 11) is 1.59. The third kappa shape index (κ3) is 3.41. The molecule has 0 aliphatic carbocycles. The van der Waals surface area contributed by atoms with Crippen molar-refractivity contribution in [1.82, 2.24) is 4.90 Å². The summed E-state index contributed by atoms with van der Waals surface area (Å²) >= 11 is 0. The molecule has 4 nitrogen and oxygen atoms in total. The molecular formula is C19H20FNO3. The lowest BCUT2D eigenvalue weighted by atomic mass is 10.0. The molecule has 1 aliphatic rings. The standard InChI is InChI=1S/C19H20FNO3/c1-24-16-7-4-6-14(9-16)18-11-15(22)12-21(18)19(23)10-13-5-2-3-8-17(13)20/h2-9,15,18,22H,10-12H2,1H3/t15-,18+/m1/s1. The Hall–Kier alpha value is -2.40. The zero-order chi connectivity index (χ0) is 17.1. The average molecular weight is 329 g/mol. The van der Waals surface area contributed by atoms with E-state index in [2.05, 4.69) is 0 Å². The van der Waals surface area contributed by atoms with Crippen LogP contribution < -0.4 is 4.74 Å². The van der Waals surface area contributed by atoms with Crippen molar-refractivity contribution in [1.29, 1.82) is 0 Å². The summed E-state index contributed by atoms with van der Waals surface area (Å²) in [5.41, 5.74) is 1.28. The molecule has 126 valence electrons. The van der Waals surface area contributed by atoms with Crippen LogP contribution in [0.3, 0.4) is 0 Å². The van der Waals surface area contributed by atoms with Gasteiger partial charge in [-0.1, -0.05) is 30.3 Å². The van der Waals surface area contributed by atoms with Crippen LogP contribution in [-0.4, -0.2) is 35.7 Å². The third-order valence-electron chi connectivity index (χ3n) is 4.38. The molecule has 0 spiro atoms. The van der Waals surface area contributed by atoms with Gasteiger partial charge in [0.2, 0.25) is 5.91 Å². The molecular weight excluding hydrogens is 309 g/mol. The summed E-state index contributed by atoms with van der Waals surface area (Å²) in [4.78, 5) is 14.3. The molecule has 2 aromatic carbocycles. The number of aliphatic hydroxyl groups is 1. The molecule has 24 heavy (non-hydrogen) atoms. The zero-order valence-electron chi connectivity index (χ0n) is 13.5.